The fraction of sp³-hybridized carbons (Fsp3) is 0.462. The molecule has 0 radical (unpaired) electrons. The third-order valence-electron chi connectivity index (χ3n) is 2.62. The normalized spacial score (nSPS) is 13.3. The van der Waals surface area contributed by atoms with Crippen LogP contribution >= 0.6 is 28.3 Å². The van der Waals surface area contributed by atoms with Crippen molar-refractivity contribution in [2.24, 2.45) is 11.7 Å². The van der Waals surface area contributed by atoms with Gasteiger partial charge in [0.2, 0.25) is 5.91 Å². The third kappa shape index (κ3) is 5.85. The van der Waals surface area contributed by atoms with Crippen LogP contribution in [-0.4, -0.2) is 18.5 Å². The molecule has 2 atom stereocenters. The molecule has 3 nitrogen and oxygen atoms in total. The van der Waals surface area contributed by atoms with Gasteiger partial charge in [-0.05, 0) is 31.0 Å². The summed E-state index contributed by atoms with van der Waals surface area (Å²) in [5.74, 6) is -0.102. The summed E-state index contributed by atoms with van der Waals surface area (Å²) in [4.78, 5) is 11.6. The topological polar surface area (TPSA) is 55.1 Å². The van der Waals surface area contributed by atoms with E-state index in [4.69, 9.17) is 5.73 Å². The maximum absolute atomic E-state index is 11.6. The van der Waals surface area contributed by atoms with Crippen LogP contribution < -0.4 is 11.1 Å². The molecule has 0 saturated heterocycles. The maximum atomic E-state index is 11.6. The number of amides is 1. The first-order valence-electron chi connectivity index (χ1n) is 5.77. The molecular weight excluding hydrogens is 316 g/mol. The van der Waals surface area contributed by atoms with Gasteiger partial charge >= 0.3 is 0 Å². The second-order valence-electron chi connectivity index (χ2n) is 4.38. The Balaban J connectivity index is 0.00000289. The SMILES string of the molecule is CC(Cc1cccc(Br)c1)NC(=O)C(C)CN.Cl. The predicted octanol–water partition coefficient (Wildman–Crippen LogP) is 2.51. The van der Waals surface area contributed by atoms with Crippen LogP contribution in [0, 0.1) is 5.92 Å². The van der Waals surface area contributed by atoms with Gasteiger partial charge in [-0.15, -0.1) is 12.4 Å². The Morgan fingerprint density at radius 1 is 1.44 bits per heavy atom. The summed E-state index contributed by atoms with van der Waals surface area (Å²) in [7, 11) is 0. The monoisotopic (exact) mass is 334 g/mol. The largest absolute Gasteiger partial charge is 0.353 e. The predicted molar refractivity (Wildman–Crippen MR) is 80.9 cm³/mol. The number of hydrogen-bond acceptors (Lipinski definition) is 2. The van der Waals surface area contributed by atoms with Crippen LogP contribution in [0.1, 0.15) is 19.4 Å². The number of hydrogen-bond donors (Lipinski definition) is 2. The van der Waals surface area contributed by atoms with E-state index in [1.54, 1.807) is 0 Å². The quantitative estimate of drug-likeness (QED) is 0.868. The molecule has 0 fully saturated rings. The van der Waals surface area contributed by atoms with Gasteiger partial charge in [0.1, 0.15) is 0 Å². The lowest BCUT2D eigenvalue weighted by molar-refractivity contribution is -0.124. The van der Waals surface area contributed by atoms with Crippen molar-refractivity contribution >= 4 is 34.2 Å². The van der Waals surface area contributed by atoms with Gasteiger partial charge in [-0.2, -0.15) is 0 Å². The zero-order valence-corrected chi connectivity index (χ0v) is 13.1. The van der Waals surface area contributed by atoms with Gasteiger partial charge in [-0.25, -0.2) is 0 Å². The van der Waals surface area contributed by atoms with E-state index in [1.807, 2.05) is 26.0 Å². The molecule has 1 rings (SSSR count). The van der Waals surface area contributed by atoms with Crippen LogP contribution in [-0.2, 0) is 11.2 Å². The molecule has 0 spiro atoms. The van der Waals surface area contributed by atoms with Gasteiger partial charge in [-0.3, -0.25) is 4.79 Å². The second kappa shape index (κ2) is 8.51. The number of halogens is 2. The molecule has 102 valence electrons. The molecule has 0 aliphatic heterocycles. The van der Waals surface area contributed by atoms with Crippen molar-refractivity contribution in [2.45, 2.75) is 26.3 Å². The molecule has 18 heavy (non-hydrogen) atoms. The van der Waals surface area contributed by atoms with Gasteiger partial charge in [0, 0.05) is 23.0 Å². The van der Waals surface area contributed by atoms with Crippen molar-refractivity contribution in [3.63, 3.8) is 0 Å². The van der Waals surface area contributed by atoms with Gasteiger partial charge < -0.3 is 11.1 Å². The zero-order valence-electron chi connectivity index (χ0n) is 10.7. The Morgan fingerprint density at radius 2 is 2.11 bits per heavy atom. The van der Waals surface area contributed by atoms with Gasteiger partial charge in [0.15, 0.2) is 0 Å². The Morgan fingerprint density at radius 3 is 2.67 bits per heavy atom. The number of nitrogens with one attached hydrogen (secondary N) is 1. The molecule has 1 aromatic rings. The molecule has 0 aromatic heterocycles. The first kappa shape index (κ1) is 17.4. The minimum atomic E-state index is -0.125. The van der Waals surface area contributed by atoms with Gasteiger partial charge in [0.25, 0.3) is 0 Å². The van der Waals surface area contributed by atoms with E-state index in [-0.39, 0.29) is 30.3 Å². The smallest absolute Gasteiger partial charge is 0.224 e. The Labute approximate surface area is 123 Å². The number of nitrogens with two attached hydrogens (primary N) is 1. The molecule has 1 aromatic carbocycles. The van der Waals surface area contributed by atoms with Crippen molar-refractivity contribution in [1.82, 2.24) is 5.32 Å². The minimum absolute atomic E-state index is 0. The summed E-state index contributed by atoms with van der Waals surface area (Å²) in [6.07, 6.45) is 0.822. The molecule has 0 bridgehead atoms. The fourth-order valence-electron chi connectivity index (χ4n) is 1.56. The summed E-state index contributed by atoms with van der Waals surface area (Å²) in [5, 5.41) is 2.96. The molecule has 0 aliphatic rings. The summed E-state index contributed by atoms with van der Waals surface area (Å²) >= 11 is 3.43. The fourth-order valence-corrected chi connectivity index (χ4v) is 2.01. The van der Waals surface area contributed by atoms with Crippen molar-refractivity contribution < 1.29 is 4.79 Å². The summed E-state index contributed by atoms with van der Waals surface area (Å²) in [6.45, 7) is 4.22. The lowest BCUT2D eigenvalue weighted by atomic mass is 10.1. The average molecular weight is 336 g/mol. The Kier molecular flexibility index (Phi) is 8.24. The van der Waals surface area contributed by atoms with Crippen LogP contribution in [0.5, 0.6) is 0 Å². The summed E-state index contributed by atoms with van der Waals surface area (Å²) < 4.78 is 1.06. The third-order valence-corrected chi connectivity index (χ3v) is 3.11. The molecule has 0 aliphatic carbocycles. The zero-order chi connectivity index (χ0) is 12.8. The van der Waals surface area contributed by atoms with Crippen LogP contribution in [0.2, 0.25) is 0 Å². The van der Waals surface area contributed by atoms with E-state index < -0.39 is 0 Å². The van der Waals surface area contributed by atoms with Crippen LogP contribution in [0.15, 0.2) is 28.7 Å². The van der Waals surface area contributed by atoms with Crippen molar-refractivity contribution in [2.75, 3.05) is 6.54 Å². The minimum Gasteiger partial charge on any atom is -0.353 e. The second-order valence-corrected chi connectivity index (χ2v) is 5.30. The number of carbonyl (C=O) groups is 1. The van der Waals surface area contributed by atoms with E-state index in [2.05, 4.69) is 33.4 Å². The van der Waals surface area contributed by atoms with Gasteiger partial charge in [-0.1, -0.05) is 35.0 Å². The van der Waals surface area contributed by atoms with Gasteiger partial charge in [0.05, 0.1) is 0 Å². The summed E-state index contributed by atoms with van der Waals surface area (Å²) in [6, 6.07) is 8.22. The van der Waals surface area contributed by atoms with E-state index >= 15 is 0 Å². The lowest BCUT2D eigenvalue weighted by Crippen LogP contribution is -2.39. The number of carbonyl (C=O) groups excluding carboxylic acids is 1. The van der Waals surface area contributed by atoms with Crippen LogP contribution in [0.3, 0.4) is 0 Å². The molecule has 2 unspecified atom stereocenters. The Bertz CT molecular complexity index is 387. The first-order valence-corrected chi connectivity index (χ1v) is 6.57. The van der Waals surface area contributed by atoms with Crippen LogP contribution in [0.4, 0.5) is 0 Å². The van der Waals surface area contributed by atoms with Crippen LogP contribution in [0.25, 0.3) is 0 Å². The van der Waals surface area contributed by atoms with Crippen molar-refractivity contribution in [3.05, 3.63) is 34.3 Å². The highest BCUT2D eigenvalue weighted by molar-refractivity contribution is 9.10. The van der Waals surface area contributed by atoms with E-state index in [9.17, 15) is 4.79 Å². The number of rotatable bonds is 5. The molecule has 3 N–H and O–H groups in total. The molecule has 1 amide bonds. The molecule has 0 saturated carbocycles. The summed E-state index contributed by atoms with van der Waals surface area (Å²) in [5.41, 5.74) is 6.66. The molecular formula is C13H20BrClN2O. The highest BCUT2D eigenvalue weighted by Crippen LogP contribution is 2.13. The first-order chi connectivity index (χ1) is 8.02. The van der Waals surface area contributed by atoms with E-state index in [1.165, 1.54) is 5.56 Å². The lowest BCUT2D eigenvalue weighted by Gasteiger charge is -2.16. The maximum Gasteiger partial charge on any atom is 0.224 e. The highest BCUT2D eigenvalue weighted by Gasteiger charge is 2.13. The standard InChI is InChI=1S/C13H19BrN2O.ClH/c1-9(8-15)13(17)16-10(2)6-11-4-3-5-12(14)7-11;/h3-5,7,9-10H,6,8,15H2,1-2H3,(H,16,17);1H. The van der Waals surface area contributed by atoms with E-state index in [0.717, 1.165) is 10.9 Å². The molecule has 0 heterocycles. The highest BCUT2D eigenvalue weighted by atomic mass is 79.9. The number of benzene rings is 1. The van der Waals surface area contributed by atoms with Crippen molar-refractivity contribution in [3.8, 4) is 0 Å². The molecule has 5 heteroatoms. The van der Waals surface area contributed by atoms with Crippen molar-refractivity contribution in [1.29, 1.82) is 0 Å². The Hall–Kier alpha value is -0.580. The average Bonchev–Trinajstić information content (AvgIpc) is 2.27. The van der Waals surface area contributed by atoms with E-state index in [0.29, 0.717) is 6.54 Å².